The molecule has 3 heteroatoms. The van der Waals surface area contributed by atoms with Gasteiger partial charge < -0.3 is 9.84 Å². The lowest BCUT2D eigenvalue weighted by molar-refractivity contribution is -0.233. The summed E-state index contributed by atoms with van der Waals surface area (Å²) in [5, 5.41) is 10.9. The van der Waals surface area contributed by atoms with Crippen LogP contribution in [-0.2, 0) is 9.53 Å². The molecule has 4 aliphatic carbocycles. The van der Waals surface area contributed by atoms with E-state index in [2.05, 4.69) is 13.8 Å². The first-order chi connectivity index (χ1) is 10.8. The van der Waals surface area contributed by atoms with Gasteiger partial charge in [-0.05, 0) is 88.4 Å². The fraction of sp³-hybridized carbons (Fsp3) is 0.950. The van der Waals surface area contributed by atoms with E-state index in [1.807, 2.05) is 0 Å². The zero-order valence-electron chi connectivity index (χ0n) is 14.6. The summed E-state index contributed by atoms with van der Waals surface area (Å²) >= 11 is 0. The third kappa shape index (κ3) is 1.59. The Hall–Kier alpha value is -0.570. The monoisotopic (exact) mass is 318 g/mol. The van der Waals surface area contributed by atoms with E-state index in [0.717, 1.165) is 12.8 Å². The van der Waals surface area contributed by atoms with Crippen LogP contribution in [0, 0.1) is 34.0 Å². The standard InChI is InChI=1S/C20H30O3/c1-17-7-3-8-20(12-23-16(17)21)14(17)6-9-19-10-13(4-5-15(19)20)18(2,22)11-19/h13-15,22H,3-12H2,1-2H3/t13-,14+,15+,17-,18+,19-,20-/m0/s1. The number of carbonyl (C=O) groups is 1. The molecule has 0 aromatic rings. The number of fused-ring (bicyclic) bond motifs is 1. The van der Waals surface area contributed by atoms with Crippen LogP contribution in [0.3, 0.4) is 0 Å². The van der Waals surface area contributed by atoms with Gasteiger partial charge in [0.15, 0.2) is 0 Å². The van der Waals surface area contributed by atoms with Gasteiger partial charge in [0.1, 0.15) is 0 Å². The van der Waals surface area contributed by atoms with Gasteiger partial charge in [-0.1, -0.05) is 6.42 Å². The molecule has 0 aromatic heterocycles. The normalized spacial score (nSPS) is 60.7. The largest absolute Gasteiger partial charge is 0.465 e. The topological polar surface area (TPSA) is 46.5 Å². The van der Waals surface area contributed by atoms with E-state index >= 15 is 0 Å². The van der Waals surface area contributed by atoms with Crippen LogP contribution in [0.4, 0.5) is 0 Å². The molecular weight excluding hydrogens is 288 g/mol. The molecular formula is C20H30O3. The van der Waals surface area contributed by atoms with E-state index in [1.54, 1.807) is 0 Å². The molecule has 7 atom stereocenters. The molecule has 4 bridgehead atoms. The number of rotatable bonds is 0. The number of hydrogen-bond donors (Lipinski definition) is 1. The van der Waals surface area contributed by atoms with Crippen LogP contribution >= 0.6 is 0 Å². The Morgan fingerprint density at radius 2 is 1.91 bits per heavy atom. The van der Waals surface area contributed by atoms with Crippen molar-refractivity contribution >= 4 is 5.97 Å². The highest BCUT2D eigenvalue weighted by Gasteiger charge is 2.70. The van der Waals surface area contributed by atoms with Crippen LogP contribution in [0.2, 0.25) is 0 Å². The predicted octanol–water partition coefficient (Wildman–Crippen LogP) is 3.69. The van der Waals surface area contributed by atoms with E-state index in [4.69, 9.17) is 4.74 Å². The number of ether oxygens (including phenoxy) is 1. The zero-order chi connectivity index (χ0) is 16.1. The van der Waals surface area contributed by atoms with E-state index in [-0.39, 0.29) is 16.8 Å². The Labute approximate surface area is 139 Å². The van der Waals surface area contributed by atoms with Crippen LogP contribution in [0.15, 0.2) is 0 Å². The Morgan fingerprint density at radius 1 is 1.09 bits per heavy atom. The van der Waals surface area contributed by atoms with Gasteiger partial charge in [-0.2, -0.15) is 0 Å². The molecule has 5 fully saturated rings. The number of cyclic esters (lactones) is 1. The molecule has 0 aromatic carbocycles. The number of hydrogen-bond acceptors (Lipinski definition) is 3. The number of esters is 1. The Morgan fingerprint density at radius 3 is 2.74 bits per heavy atom. The third-order valence-electron chi connectivity index (χ3n) is 9.15. The van der Waals surface area contributed by atoms with Gasteiger partial charge in [-0.25, -0.2) is 0 Å². The molecule has 1 N–H and O–H groups in total. The molecule has 5 rings (SSSR count). The maximum absolute atomic E-state index is 12.5. The van der Waals surface area contributed by atoms with Gasteiger partial charge in [-0.15, -0.1) is 0 Å². The highest BCUT2D eigenvalue weighted by Crippen LogP contribution is 2.74. The van der Waals surface area contributed by atoms with Crippen LogP contribution in [0.25, 0.3) is 0 Å². The van der Waals surface area contributed by atoms with Crippen LogP contribution in [0.5, 0.6) is 0 Å². The molecule has 3 nitrogen and oxygen atoms in total. The smallest absolute Gasteiger partial charge is 0.312 e. The van der Waals surface area contributed by atoms with Gasteiger partial charge in [0, 0.05) is 5.41 Å². The summed E-state index contributed by atoms with van der Waals surface area (Å²) in [7, 11) is 0. The summed E-state index contributed by atoms with van der Waals surface area (Å²) in [5.41, 5.74) is -0.174. The molecule has 128 valence electrons. The summed E-state index contributed by atoms with van der Waals surface area (Å²) in [6, 6.07) is 0. The maximum atomic E-state index is 12.5. The first kappa shape index (κ1) is 14.7. The second kappa shape index (κ2) is 4.15. The molecule has 1 spiro atoms. The summed E-state index contributed by atoms with van der Waals surface area (Å²) in [4.78, 5) is 12.5. The first-order valence-corrected chi connectivity index (χ1v) is 9.72. The maximum Gasteiger partial charge on any atom is 0.312 e. The molecule has 0 unspecified atom stereocenters. The van der Waals surface area contributed by atoms with Crippen molar-refractivity contribution in [1.29, 1.82) is 0 Å². The van der Waals surface area contributed by atoms with Gasteiger partial charge in [-0.3, -0.25) is 4.79 Å². The van der Waals surface area contributed by atoms with Crippen molar-refractivity contribution in [2.45, 2.75) is 77.2 Å². The van der Waals surface area contributed by atoms with Crippen molar-refractivity contribution in [2.75, 3.05) is 6.61 Å². The summed E-state index contributed by atoms with van der Waals surface area (Å²) < 4.78 is 5.81. The third-order valence-corrected chi connectivity index (χ3v) is 9.15. The quantitative estimate of drug-likeness (QED) is 0.693. The lowest BCUT2D eigenvalue weighted by Gasteiger charge is -2.66. The predicted molar refractivity (Wildman–Crippen MR) is 86.6 cm³/mol. The Bertz CT molecular complexity index is 569. The van der Waals surface area contributed by atoms with Crippen molar-refractivity contribution in [2.24, 2.45) is 34.0 Å². The second-order valence-electron chi connectivity index (χ2n) is 10.1. The van der Waals surface area contributed by atoms with Crippen molar-refractivity contribution in [3.8, 4) is 0 Å². The average molecular weight is 318 g/mol. The van der Waals surface area contributed by atoms with Crippen molar-refractivity contribution in [1.82, 2.24) is 0 Å². The minimum Gasteiger partial charge on any atom is -0.465 e. The Kier molecular flexibility index (Phi) is 2.66. The second-order valence-corrected chi connectivity index (χ2v) is 10.1. The highest BCUT2D eigenvalue weighted by atomic mass is 16.5. The van der Waals surface area contributed by atoms with E-state index in [0.29, 0.717) is 29.8 Å². The van der Waals surface area contributed by atoms with Crippen molar-refractivity contribution in [3.05, 3.63) is 0 Å². The van der Waals surface area contributed by atoms with Crippen LogP contribution in [-0.4, -0.2) is 23.3 Å². The molecule has 0 radical (unpaired) electrons. The van der Waals surface area contributed by atoms with E-state index in [9.17, 15) is 9.90 Å². The molecule has 4 saturated carbocycles. The minimum atomic E-state index is -0.471. The van der Waals surface area contributed by atoms with Gasteiger partial charge in [0.25, 0.3) is 0 Å². The fourth-order valence-corrected chi connectivity index (χ4v) is 8.36. The average Bonchev–Trinajstić information content (AvgIpc) is 2.68. The lowest BCUT2D eigenvalue weighted by atomic mass is 9.40. The summed E-state index contributed by atoms with van der Waals surface area (Å²) in [6.45, 7) is 4.91. The van der Waals surface area contributed by atoms with Crippen molar-refractivity contribution in [3.63, 3.8) is 0 Å². The SMILES string of the molecule is C[C@@]1(O)C[C@@]23CC[C@H]4[C@@]5(CCC[C@]4(C)C(=O)OC5)[C@@H]2CC[C@H]1C3. The molecule has 1 heterocycles. The minimum absolute atomic E-state index is 0.0703. The first-order valence-electron chi connectivity index (χ1n) is 9.72. The van der Waals surface area contributed by atoms with E-state index < -0.39 is 5.60 Å². The molecule has 23 heavy (non-hydrogen) atoms. The van der Waals surface area contributed by atoms with Crippen LogP contribution in [0.1, 0.15) is 71.6 Å². The highest BCUT2D eigenvalue weighted by molar-refractivity contribution is 5.78. The molecule has 5 aliphatic rings. The summed E-state index contributed by atoms with van der Waals surface area (Å²) in [6.07, 6.45) is 10.4. The molecule has 1 aliphatic heterocycles. The van der Waals surface area contributed by atoms with Gasteiger partial charge >= 0.3 is 5.97 Å². The number of aliphatic hydroxyl groups is 1. The van der Waals surface area contributed by atoms with Gasteiger partial charge in [0.05, 0.1) is 17.6 Å². The van der Waals surface area contributed by atoms with E-state index in [1.165, 1.54) is 44.9 Å². The van der Waals surface area contributed by atoms with Gasteiger partial charge in [0.2, 0.25) is 0 Å². The zero-order valence-corrected chi connectivity index (χ0v) is 14.6. The summed E-state index contributed by atoms with van der Waals surface area (Å²) in [5.74, 6) is 1.74. The fourth-order valence-electron chi connectivity index (χ4n) is 8.36. The number of carbonyl (C=O) groups excluding carboxylic acids is 1. The lowest BCUT2D eigenvalue weighted by Crippen LogP contribution is -2.64. The molecule has 0 amide bonds. The van der Waals surface area contributed by atoms with Crippen LogP contribution < -0.4 is 0 Å². The Balaban J connectivity index is 1.60. The van der Waals surface area contributed by atoms with Crippen molar-refractivity contribution < 1.29 is 14.6 Å². The molecule has 1 saturated heterocycles.